The standard InChI is InChI=1S/C8H19FNO/c1-5-11-8(6-9)7-10(2,3)4/h8H,5-7H2,1-4H3/q+1/i5D2. The molecule has 0 saturated carbocycles. The minimum atomic E-state index is -1.76. The molecule has 1 atom stereocenters. The molecule has 0 radical (unpaired) electrons. The molecule has 0 fully saturated rings. The summed E-state index contributed by atoms with van der Waals surface area (Å²) in [5.74, 6) is 0. The van der Waals surface area contributed by atoms with Gasteiger partial charge in [-0.25, -0.2) is 4.39 Å². The Bertz CT molecular complexity index is 137. The van der Waals surface area contributed by atoms with Gasteiger partial charge in [-0.05, 0) is 6.92 Å². The van der Waals surface area contributed by atoms with E-state index in [-0.39, 0.29) is 0 Å². The lowest BCUT2D eigenvalue weighted by atomic mass is 10.3. The van der Waals surface area contributed by atoms with E-state index in [0.29, 0.717) is 11.0 Å². The van der Waals surface area contributed by atoms with Crippen molar-refractivity contribution >= 4 is 0 Å². The van der Waals surface area contributed by atoms with E-state index in [0.717, 1.165) is 0 Å². The first-order chi connectivity index (χ1) is 5.64. The van der Waals surface area contributed by atoms with Gasteiger partial charge >= 0.3 is 0 Å². The van der Waals surface area contributed by atoms with Crippen LogP contribution >= 0.6 is 0 Å². The van der Waals surface area contributed by atoms with Gasteiger partial charge in [0.15, 0.2) is 0 Å². The zero-order valence-corrected chi connectivity index (χ0v) is 7.72. The SMILES string of the molecule is [2H]C([2H])(C)OC(CF)C[N+](C)(C)C. The third-order valence-corrected chi connectivity index (χ3v) is 1.21. The number of alkyl halides is 1. The Morgan fingerprint density at radius 1 is 1.55 bits per heavy atom. The van der Waals surface area contributed by atoms with Crippen LogP contribution in [0.4, 0.5) is 4.39 Å². The van der Waals surface area contributed by atoms with Crippen LogP contribution in [0.15, 0.2) is 0 Å². The summed E-state index contributed by atoms with van der Waals surface area (Å²) < 4.78 is 32.2. The number of hydrogen-bond donors (Lipinski definition) is 0. The van der Waals surface area contributed by atoms with Crippen LogP contribution in [0.1, 0.15) is 9.67 Å². The maximum atomic E-state index is 12.4. The Labute approximate surface area is 71.4 Å². The number of halogens is 1. The minimum Gasteiger partial charge on any atom is -0.370 e. The number of likely N-dealkylation sites (N-methyl/N-ethyl adjacent to an activating group) is 1. The van der Waals surface area contributed by atoms with Crippen LogP contribution in [0.2, 0.25) is 0 Å². The first-order valence-corrected chi connectivity index (χ1v) is 3.68. The Morgan fingerprint density at radius 3 is 2.36 bits per heavy atom. The normalized spacial score (nSPS) is 19.0. The zero-order chi connectivity index (χ0) is 10.7. The molecular formula is C8H19FNO+. The summed E-state index contributed by atoms with van der Waals surface area (Å²) in [5, 5.41) is 0. The maximum absolute atomic E-state index is 12.4. The van der Waals surface area contributed by atoms with Crippen molar-refractivity contribution in [2.45, 2.75) is 13.0 Å². The molecule has 0 bridgehead atoms. The van der Waals surface area contributed by atoms with Crippen molar-refractivity contribution in [1.82, 2.24) is 0 Å². The largest absolute Gasteiger partial charge is 0.370 e. The van der Waals surface area contributed by atoms with E-state index >= 15 is 0 Å². The smallest absolute Gasteiger partial charge is 0.134 e. The highest BCUT2D eigenvalue weighted by atomic mass is 19.1. The van der Waals surface area contributed by atoms with Gasteiger partial charge < -0.3 is 9.22 Å². The highest BCUT2D eigenvalue weighted by Gasteiger charge is 2.17. The monoisotopic (exact) mass is 166 g/mol. The highest BCUT2D eigenvalue weighted by molar-refractivity contribution is 4.52. The third-order valence-electron chi connectivity index (χ3n) is 1.21. The maximum Gasteiger partial charge on any atom is 0.134 e. The van der Waals surface area contributed by atoms with Gasteiger partial charge in [-0.1, -0.05) is 0 Å². The van der Waals surface area contributed by atoms with Crippen LogP contribution < -0.4 is 0 Å². The Morgan fingerprint density at radius 2 is 2.09 bits per heavy atom. The van der Waals surface area contributed by atoms with Crippen molar-refractivity contribution in [3.63, 3.8) is 0 Å². The van der Waals surface area contributed by atoms with Crippen LogP contribution in [0.25, 0.3) is 0 Å². The second-order valence-corrected chi connectivity index (χ2v) is 3.57. The topological polar surface area (TPSA) is 9.23 Å². The molecule has 0 aliphatic rings. The van der Waals surface area contributed by atoms with Crippen LogP contribution in [-0.2, 0) is 4.74 Å². The predicted molar refractivity (Wildman–Crippen MR) is 44.3 cm³/mol. The number of ether oxygens (including phenoxy) is 1. The molecule has 2 nitrogen and oxygen atoms in total. The molecule has 0 rings (SSSR count). The zero-order valence-electron chi connectivity index (χ0n) is 9.72. The lowest BCUT2D eigenvalue weighted by Crippen LogP contribution is -2.43. The van der Waals surface area contributed by atoms with Crippen molar-refractivity contribution < 1.29 is 16.4 Å². The molecule has 0 aromatic rings. The van der Waals surface area contributed by atoms with Gasteiger partial charge in [0.1, 0.15) is 19.3 Å². The molecule has 0 spiro atoms. The molecule has 0 N–H and O–H groups in total. The van der Waals surface area contributed by atoms with Crippen molar-refractivity contribution in [3.8, 4) is 0 Å². The van der Waals surface area contributed by atoms with Gasteiger partial charge in [-0.2, -0.15) is 0 Å². The average Bonchev–Trinajstić information content (AvgIpc) is 1.79. The van der Waals surface area contributed by atoms with Crippen molar-refractivity contribution in [2.24, 2.45) is 0 Å². The van der Waals surface area contributed by atoms with Gasteiger partial charge in [0.05, 0.1) is 23.9 Å². The number of rotatable bonds is 5. The van der Waals surface area contributed by atoms with Gasteiger partial charge in [0.25, 0.3) is 0 Å². The quantitative estimate of drug-likeness (QED) is 0.555. The molecule has 0 saturated heterocycles. The predicted octanol–water partition coefficient (Wildman–Crippen LogP) is 1.07. The third kappa shape index (κ3) is 6.26. The summed E-state index contributed by atoms with van der Waals surface area (Å²) in [6.45, 7) is -0.663. The van der Waals surface area contributed by atoms with Gasteiger partial charge in [-0.3, -0.25) is 0 Å². The van der Waals surface area contributed by atoms with E-state index in [9.17, 15) is 4.39 Å². The van der Waals surface area contributed by atoms with Crippen LogP contribution in [0.5, 0.6) is 0 Å². The summed E-state index contributed by atoms with van der Waals surface area (Å²) >= 11 is 0. The molecule has 11 heavy (non-hydrogen) atoms. The molecule has 3 heteroatoms. The Hall–Kier alpha value is -0.150. The summed E-state index contributed by atoms with van der Waals surface area (Å²) in [6, 6.07) is 0. The lowest BCUT2D eigenvalue weighted by Gasteiger charge is -2.27. The fourth-order valence-corrected chi connectivity index (χ4v) is 0.895. The molecule has 0 aliphatic heterocycles. The first kappa shape index (κ1) is 7.50. The molecule has 0 heterocycles. The molecule has 0 amide bonds. The van der Waals surface area contributed by atoms with E-state index in [1.807, 2.05) is 21.1 Å². The van der Waals surface area contributed by atoms with Gasteiger partial charge in [0.2, 0.25) is 0 Å². The summed E-state index contributed by atoms with van der Waals surface area (Å²) in [7, 11) is 5.74. The number of nitrogens with zero attached hydrogens (tertiary/aromatic N) is 1. The Kier molecular flexibility index (Phi) is 3.18. The van der Waals surface area contributed by atoms with Crippen LogP contribution in [0.3, 0.4) is 0 Å². The minimum absolute atomic E-state index is 0.462. The molecule has 0 aromatic carbocycles. The second-order valence-electron chi connectivity index (χ2n) is 3.57. The summed E-state index contributed by atoms with van der Waals surface area (Å²) in [6.07, 6.45) is -0.667. The van der Waals surface area contributed by atoms with E-state index in [1.165, 1.54) is 6.92 Å². The molecule has 0 aromatic heterocycles. The van der Waals surface area contributed by atoms with Crippen LogP contribution in [0, 0.1) is 0 Å². The van der Waals surface area contributed by atoms with Gasteiger partial charge in [-0.15, -0.1) is 0 Å². The lowest BCUT2D eigenvalue weighted by molar-refractivity contribution is -0.873. The molecular weight excluding hydrogens is 145 g/mol. The first-order valence-electron chi connectivity index (χ1n) is 4.68. The number of hydrogen-bond acceptors (Lipinski definition) is 1. The molecule has 68 valence electrons. The average molecular weight is 166 g/mol. The second kappa shape index (κ2) is 4.67. The molecule has 0 aliphatic carbocycles. The van der Waals surface area contributed by atoms with Crippen LogP contribution in [-0.4, -0.2) is 51.5 Å². The summed E-state index contributed by atoms with van der Waals surface area (Å²) in [5.41, 5.74) is 0. The van der Waals surface area contributed by atoms with E-state index in [2.05, 4.69) is 0 Å². The molecule has 1 unspecified atom stereocenters. The van der Waals surface area contributed by atoms with Crippen molar-refractivity contribution in [1.29, 1.82) is 0 Å². The highest BCUT2D eigenvalue weighted by Crippen LogP contribution is 2.00. The fraction of sp³-hybridized carbons (Fsp3) is 1.00. The van der Waals surface area contributed by atoms with Crippen molar-refractivity contribution in [2.75, 3.05) is 40.9 Å². The van der Waals surface area contributed by atoms with Crippen molar-refractivity contribution in [3.05, 3.63) is 0 Å². The fourth-order valence-electron chi connectivity index (χ4n) is 0.895. The van der Waals surface area contributed by atoms with E-state index in [1.54, 1.807) is 0 Å². The van der Waals surface area contributed by atoms with E-state index < -0.39 is 19.3 Å². The number of quaternary nitrogens is 1. The Balaban J connectivity index is 4.05. The summed E-state index contributed by atoms with van der Waals surface area (Å²) in [4.78, 5) is 0. The van der Waals surface area contributed by atoms with E-state index in [4.69, 9.17) is 7.48 Å². The van der Waals surface area contributed by atoms with Gasteiger partial charge in [0, 0.05) is 6.56 Å².